The fourth-order valence-electron chi connectivity index (χ4n) is 4.15. The molecule has 166 valence electrons. The molecule has 2 aliphatic heterocycles. The molecule has 1 aromatic carbocycles. The lowest BCUT2D eigenvalue weighted by Gasteiger charge is -2.37. The molecule has 1 aromatic rings. The van der Waals surface area contributed by atoms with E-state index in [2.05, 4.69) is 54.1 Å². The van der Waals surface area contributed by atoms with Crippen molar-refractivity contribution in [3.8, 4) is 0 Å². The van der Waals surface area contributed by atoms with Crippen molar-refractivity contribution in [2.75, 3.05) is 72.1 Å². The molecule has 2 aliphatic rings. The van der Waals surface area contributed by atoms with E-state index in [0.717, 1.165) is 64.7 Å². The molecule has 0 spiro atoms. The summed E-state index contributed by atoms with van der Waals surface area (Å²) in [5.74, 6) is 1.21. The lowest BCUT2D eigenvalue weighted by molar-refractivity contribution is -0.136. The van der Waals surface area contributed by atoms with E-state index < -0.39 is 0 Å². The second-order valence-electron chi connectivity index (χ2n) is 8.24. The minimum Gasteiger partial charge on any atom is -0.378 e. The maximum absolute atomic E-state index is 12.5. The Labute approximate surface area is 181 Å². The van der Waals surface area contributed by atoms with Crippen molar-refractivity contribution in [2.24, 2.45) is 4.99 Å². The van der Waals surface area contributed by atoms with E-state index in [9.17, 15) is 4.79 Å². The Morgan fingerprint density at radius 2 is 1.67 bits per heavy atom. The normalized spacial score (nSPS) is 18.6. The summed E-state index contributed by atoms with van der Waals surface area (Å²) in [7, 11) is 0. The number of aliphatic imine (C=N–C) groups is 1. The van der Waals surface area contributed by atoms with Crippen molar-refractivity contribution < 1.29 is 9.53 Å². The molecule has 0 radical (unpaired) electrons. The van der Waals surface area contributed by atoms with Gasteiger partial charge in [0.25, 0.3) is 0 Å². The van der Waals surface area contributed by atoms with Gasteiger partial charge in [-0.25, -0.2) is 0 Å². The van der Waals surface area contributed by atoms with Crippen molar-refractivity contribution >= 4 is 11.9 Å². The standard InChI is InChI=1S/C23H37N5O2/c1-4-24-23(25-6-5-21-16-19(2)15-20(3)17-21)28-9-7-26(8-10-28)18-22(29)27-11-13-30-14-12-27/h15-17H,4-14,18H2,1-3H3,(H,24,25). The third-order valence-corrected chi connectivity index (χ3v) is 5.67. The van der Waals surface area contributed by atoms with E-state index in [4.69, 9.17) is 9.73 Å². The zero-order valence-electron chi connectivity index (χ0n) is 18.8. The highest BCUT2D eigenvalue weighted by atomic mass is 16.5. The number of ether oxygens (including phenoxy) is 1. The molecule has 0 saturated carbocycles. The molecule has 2 heterocycles. The summed E-state index contributed by atoms with van der Waals surface area (Å²) < 4.78 is 5.34. The third-order valence-electron chi connectivity index (χ3n) is 5.67. The van der Waals surface area contributed by atoms with Crippen LogP contribution in [-0.4, -0.2) is 98.7 Å². The Balaban J connectivity index is 1.48. The van der Waals surface area contributed by atoms with E-state index in [0.29, 0.717) is 19.8 Å². The van der Waals surface area contributed by atoms with Gasteiger partial charge < -0.3 is 19.9 Å². The SMILES string of the molecule is CCNC(=NCCc1cc(C)cc(C)c1)N1CCN(CC(=O)N2CCOCC2)CC1. The first-order valence-corrected chi connectivity index (χ1v) is 11.2. The average Bonchev–Trinajstić information content (AvgIpc) is 2.74. The molecule has 7 nitrogen and oxygen atoms in total. The number of rotatable bonds is 6. The van der Waals surface area contributed by atoms with Crippen LogP contribution in [0, 0.1) is 13.8 Å². The molecule has 0 unspecified atom stereocenters. The quantitative estimate of drug-likeness (QED) is 0.560. The number of nitrogens with zero attached hydrogens (tertiary/aromatic N) is 4. The van der Waals surface area contributed by atoms with Gasteiger partial charge in [-0.3, -0.25) is 14.7 Å². The number of benzene rings is 1. The number of carbonyl (C=O) groups excluding carboxylic acids is 1. The predicted molar refractivity (Wildman–Crippen MR) is 121 cm³/mol. The summed E-state index contributed by atoms with van der Waals surface area (Å²) in [6, 6.07) is 6.71. The van der Waals surface area contributed by atoms with Crippen LogP contribution in [0.2, 0.25) is 0 Å². The second-order valence-corrected chi connectivity index (χ2v) is 8.24. The fraction of sp³-hybridized carbons (Fsp3) is 0.652. The highest BCUT2D eigenvalue weighted by Crippen LogP contribution is 2.10. The Hall–Kier alpha value is -2.12. The van der Waals surface area contributed by atoms with Gasteiger partial charge in [0.2, 0.25) is 5.91 Å². The van der Waals surface area contributed by atoms with E-state index >= 15 is 0 Å². The van der Waals surface area contributed by atoms with Gasteiger partial charge in [0.15, 0.2) is 5.96 Å². The summed E-state index contributed by atoms with van der Waals surface area (Å²) in [6.45, 7) is 14.9. The molecule has 1 N–H and O–H groups in total. The van der Waals surface area contributed by atoms with Crippen LogP contribution in [0.25, 0.3) is 0 Å². The lowest BCUT2D eigenvalue weighted by atomic mass is 10.1. The van der Waals surface area contributed by atoms with Crippen LogP contribution >= 0.6 is 0 Å². The van der Waals surface area contributed by atoms with Crippen molar-refractivity contribution in [1.82, 2.24) is 20.0 Å². The van der Waals surface area contributed by atoms with Crippen LogP contribution in [0.4, 0.5) is 0 Å². The van der Waals surface area contributed by atoms with Crippen molar-refractivity contribution in [3.63, 3.8) is 0 Å². The zero-order chi connectivity index (χ0) is 21.3. The first kappa shape index (κ1) is 22.6. The number of morpholine rings is 1. The molecule has 30 heavy (non-hydrogen) atoms. The van der Waals surface area contributed by atoms with Crippen LogP contribution in [-0.2, 0) is 16.0 Å². The molecule has 7 heteroatoms. The number of carbonyl (C=O) groups is 1. The number of piperazine rings is 1. The Bertz CT molecular complexity index is 702. The van der Waals surface area contributed by atoms with E-state index in [1.54, 1.807) is 0 Å². The van der Waals surface area contributed by atoms with Gasteiger partial charge in [0.05, 0.1) is 19.8 Å². The maximum atomic E-state index is 12.5. The number of hydrogen-bond donors (Lipinski definition) is 1. The van der Waals surface area contributed by atoms with Crippen molar-refractivity contribution in [2.45, 2.75) is 27.2 Å². The highest BCUT2D eigenvalue weighted by molar-refractivity contribution is 5.80. The number of guanidine groups is 1. The van der Waals surface area contributed by atoms with Gasteiger partial charge >= 0.3 is 0 Å². The van der Waals surface area contributed by atoms with Crippen LogP contribution < -0.4 is 5.32 Å². The van der Waals surface area contributed by atoms with E-state index in [-0.39, 0.29) is 5.91 Å². The van der Waals surface area contributed by atoms with Crippen LogP contribution in [0.15, 0.2) is 23.2 Å². The molecular formula is C23H37N5O2. The largest absolute Gasteiger partial charge is 0.378 e. The second kappa shape index (κ2) is 11.3. The van der Waals surface area contributed by atoms with Crippen molar-refractivity contribution in [3.05, 3.63) is 34.9 Å². The van der Waals surface area contributed by atoms with Crippen LogP contribution in [0.3, 0.4) is 0 Å². The van der Waals surface area contributed by atoms with Crippen LogP contribution in [0.1, 0.15) is 23.6 Å². The summed E-state index contributed by atoms with van der Waals surface area (Å²) in [5.41, 5.74) is 3.96. The zero-order valence-corrected chi connectivity index (χ0v) is 18.8. The molecule has 1 amide bonds. The fourth-order valence-corrected chi connectivity index (χ4v) is 4.15. The summed E-state index contributed by atoms with van der Waals surface area (Å²) in [4.78, 5) is 23.9. The van der Waals surface area contributed by atoms with E-state index in [1.165, 1.54) is 16.7 Å². The summed E-state index contributed by atoms with van der Waals surface area (Å²) in [5, 5.41) is 3.44. The Morgan fingerprint density at radius 3 is 2.30 bits per heavy atom. The number of amides is 1. The predicted octanol–water partition coefficient (Wildman–Crippen LogP) is 1.29. The number of nitrogens with one attached hydrogen (secondary N) is 1. The van der Waals surface area contributed by atoms with Gasteiger partial charge in [-0.05, 0) is 32.8 Å². The summed E-state index contributed by atoms with van der Waals surface area (Å²) in [6.07, 6.45) is 0.950. The van der Waals surface area contributed by atoms with Crippen LogP contribution in [0.5, 0.6) is 0 Å². The highest BCUT2D eigenvalue weighted by Gasteiger charge is 2.24. The molecule has 2 saturated heterocycles. The van der Waals surface area contributed by atoms with Crippen molar-refractivity contribution in [1.29, 1.82) is 0 Å². The summed E-state index contributed by atoms with van der Waals surface area (Å²) >= 11 is 0. The minimum atomic E-state index is 0.223. The van der Waals surface area contributed by atoms with E-state index in [1.807, 2.05) is 4.90 Å². The molecular weight excluding hydrogens is 378 g/mol. The van der Waals surface area contributed by atoms with Gasteiger partial charge in [-0.2, -0.15) is 0 Å². The van der Waals surface area contributed by atoms with Gasteiger partial charge in [0, 0.05) is 52.4 Å². The number of hydrogen-bond acceptors (Lipinski definition) is 4. The molecule has 3 rings (SSSR count). The molecule has 0 bridgehead atoms. The molecule has 0 atom stereocenters. The molecule has 0 aliphatic carbocycles. The first-order valence-electron chi connectivity index (χ1n) is 11.2. The lowest BCUT2D eigenvalue weighted by Crippen LogP contribution is -2.55. The average molecular weight is 416 g/mol. The molecule has 0 aromatic heterocycles. The monoisotopic (exact) mass is 415 g/mol. The Morgan fingerprint density at radius 1 is 1.00 bits per heavy atom. The van der Waals surface area contributed by atoms with Gasteiger partial charge in [0.1, 0.15) is 0 Å². The Kier molecular flexibility index (Phi) is 8.51. The third kappa shape index (κ3) is 6.71. The number of aryl methyl sites for hydroxylation is 2. The molecule has 2 fully saturated rings. The van der Waals surface area contributed by atoms with Gasteiger partial charge in [-0.15, -0.1) is 0 Å². The minimum absolute atomic E-state index is 0.223. The smallest absolute Gasteiger partial charge is 0.236 e. The maximum Gasteiger partial charge on any atom is 0.236 e. The topological polar surface area (TPSA) is 60.4 Å². The van der Waals surface area contributed by atoms with Gasteiger partial charge in [-0.1, -0.05) is 29.3 Å². The first-order chi connectivity index (χ1) is 14.5.